The molecule has 0 spiro atoms. The maximum absolute atomic E-state index is 11.5. The molecule has 2 aromatic heterocycles. The number of benzene rings is 3. The first kappa shape index (κ1) is 38.9. The van der Waals surface area contributed by atoms with Gasteiger partial charge in [-0.3, -0.25) is 9.78 Å². The van der Waals surface area contributed by atoms with Crippen LogP contribution in [0.2, 0.25) is 0 Å². The molecule has 0 fully saturated rings. The Labute approximate surface area is 301 Å². The Morgan fingerprint density at radius 2 is 1.50 bits per heavy atom. The van der Waals surface area contributed by atoms with Crippen molar-refractivity contribution in [1.29, 1.82) is 0 Å². The number of hydrogen-bond donors (Lipinski definition) is 1. The van der Waals surface area contributed by atoms with Crippen LogP contribution in [0.25, 0.3) is 44.3 Å². The van der Waals surface area contributed by atoms with Crippen LogP contribution in [0.4, 0.5) is 0 Å². The number of carbonyl (C=O) groups is 1. The average molecular weight is 823 g/mol. The summed E-state index contributed by atoms with van der Waals surface area (Å²) in [5, 5.41) is 13.0. The molecule has 5 rings (SSSR count). The molecule has 1 radical (unpaired) electrons. The number of rotatable bonds is 4. The van der Waals surface area contributed by atoms with Gasteiger partial charge in [0.15, 0.2) is 5.78 Å². The van der Waals surface area contributed by atoms with Gasteiger partial charge in [-0.1, -0.05) is 130 Å². The molecule has 2 heterocycles. The summed E-state index contributed by atoms with van der Waals surface area (Å²) in [6.07, 6.45) is 4.22. The van der Waals surface area contributed by atoms with Crippen molar-refractivity contribution in [1.82, 2.24) is 4.98 Å². The predicted molar refractivity (Wildman–Crippen MR) is 198 cm³/mol. The van der Waals surface area contributed by atoms with E-state index in [1.807, 2.05) is 53.8 Å². The number of aliphatic hydroxyl groups excluding tert-OH is 1. The van der Waals surface area contributed by atoms with Crippen molar-refractivity contribution in [2.45, 2.75) is 94.9 Å². The molecule has 5 aromatic rings. The summed E-state index contributed by atoms with van der Waals surface area (Å²) in [7, 11) is 0. The van der Waals surface area contributed by atoms with Crippen molar-refractivity contribution >= 4 is 27.5 Å². The van der Waals surface area contributed by atoms with Gasteiger partial charge in [-0.25, -0.2) is 0 Å². The van der Waals surface area contributed by atoms with Crippen LogP contribution in [0.1, 0.15) is 94.2 Å². The largest absolute Gasteiger partial charge is 0.512 e. The number of aliphatic hydroxyl groups is 1. The third-order valence-electron chi connectivity index (χ3n) is 8.00. The Kier molecular flexibility index (Phi) is 11.8. The number of ketones is 1. The minimum Gasteiger partial charge on any atom is -0.512 e. The van der Waals surface area contributed by atoms with E-state index < -0.39 is 5.41 Å². The molecule has 0 saturated heterocycles. The van der Waals surface area contributed by atoms with Gasteiger partial charge >= 0.3 is 0 Å². The van der Waals surface area contributed by atoms with E-state index in [1.165, 1.54) is 22.6 Å². The van der Waals surface area contributed by atoms with Gasteiger partial charge in [0, 0.05) is 59.9 Å². The third kappa shape index (κ3) is 10.00. The molecule has 3 aromatic carbocycles. The molecule has 0 amide bonds. The van der Waals surface area contributed by atoms with Crippen LogP contribution in [-0.2, 0) is 36.7 Å². The van der Waals surface area contributed by atoms with Crippen LogP contribution >= 0.6 is 0 Å². The van der Waals surface area contributed by atoms with E-state index in [9.17, 15) is 9.90 Å². The van der Waals surface area contributed by atoms with Crippen molar-refractivity contribution in [3.8, 4) is 22.6 Å². The topological polar surface area (TPSA) is 63.3 Å². The van der Waals surface area contributed by atoms with E-state index in [0.29, 0.717) is 0 Å². The molecular formula is C43H52IrNO3-. The van der Waals surface area contributed by atoms with Crippen molar-refractivity contribution in [3.05, 3.63) is 102 Å². The van der Waals surface area contributed by atoms with Gasteiger partial charge in [0.25, 0.3) is 0 Å². The van der Waals surface area contributed by atoms with Gasteiger partial charge < -0.3 is 9.52 Å². The molecule has 5 heteroatoms. The van der Waals surface area contributed by atoms with E-state index in [0.717, 1.165) is 45.4 Å². The molecule has 0 atom stereocenters. The van der Waals surface area contributed by atoms with Crippen LogP contribution in [0.3, 0.4) is 0 Å². The number of hydrogen-bond acceptors (Lipinski definition) is 4. The molecule has 4 nitrogen and oxygen atoms in total. The number of carbonyl (C=O) groups excluding carboxylic acids is 1. The van der Waals surface area contributed by atoms with Crippen molar-refractivity contribution in [3.63, 3.8) is 0 Å². The monoisotopic (exact) mass is 823 g/mol. The third-order valence-corrected chi connectivity index (χ3v) is 8.00. The summed E-state index contributed by atoms with van der Waals surface area (Å²) in [5.41, 5.74) is 5.98. The van der Waals surface area contributed by atoms with E-state index in [4.69, 9.17) is 9.40 Å². The number of aromatic nitrogens is 1. The van der Waals surface area contributed by atoms with Gasteiger partial charge in [-0.15, -0.1) is 29.1 Å². The zero-order chi connectivity index (χ0) is 34.9. The van der Waals surface area contributed by atoms with Crippen molar-refractivity contribution in [2.24, 2.45) is 16.2 Å². The minimum absolute atomic E-state index is 0. The summed E-state index contributed by atoms with van der Waals surface area (Å²) in [6.45, 7) is 24.7. The van der Waals surface area contributed by atoms with E-state index in [2.05, 4.69) is 108 Å². The zero-order valence-corrected chi connectivity index (χ0v) is 33.2. The normalized spacial score (nSPS) is 12.8. The Morgan fingerprint density at radius 1 is 0.833 bits per heavy atom. The minimum atomic E-state index is -0.417. The maximum atomic E-state index is 11.5. The Hall–Kier alpha value is -3.53. The quantitative estimate of drug-likeness (QED) is 0.111. The fourth-order valence-electron chi connectivity index (χ4n) is 5.22. The average Bonchev–Trinajstić information content (AvgIpc) is 3.38. The zero-order valence-electron chi connectivity index (χ0n) is 30.8. The van der Waals surface area contributed by atoms with Crippen molar-refractivity contribution < 1.29 is 34.4 Å². The summed E-state index contributed by atoms with van der Waals surface area (Å²) in [4.78, 5) is 16.2. The maximum Gasteiger partial charge on any atom is 0.164 e. The molecular weight excluding hydrogens is 771 g/mol. The molecule has 0 aliphatic rings. The molecule has 0 unspecified atom stereocenters. The standard InChI is InChI=1S/C32H32NO.C11H20O2.Ir/c1-31(2,3)20-21-11-12-23-19-30(34-29(23)15-21)24-13-14-33-28(18-24)25-16-22-9-7-8-10-26(22)27(17-25)32(4,5)6;1-10(2,3)8(12)7-9(13)11(4,5)6;/h7-15,17-19H,20H2,1-6H3;7,12H,1-6H3;/q-1;;/b;8-7-;. The molecule has 48 heavy (non-hydrogen) atoms. The molecule has 0 saturated carbocycles. The predicted octanol–water partition coefficient (Wildman–Crippen LogP) is 12.1. The fourth-order valence-corrected chi connectivity index (χ4v) is 5.22. The van der Waals surface area contributed by atoms with E-state index in [1.54, 1.807) is 0 Å². The second-order valence-electron chi connectivity index (χ2n) is 16.9. The van der Waals surface area contributed by atoms with Crippen LogP contribution < -0.4 is 0 Å². The number of nitrogens with zero attached hydrogens (tertiary/aromatic N) is 1. The van der Waals surface area contributed by atoms with Crippen molar-refractivity contribution in [2.75, 3.05) is 0 Å². The molecule has 0 aliphatic heterocycles. The number of furan rings is 1. The van der Waals surface area contributed by atoms with Gasteiger partial charge in [0.2, 0.25) is 0 Å². The smallest absolute Gasteiger partial charge is 0.164 e. The van der Waals surface area contributed by atoms with Gasteiger partial charge in [0.05, 0.1) is 0 Å². The summed E-state index contributed by atoms with van der Waals surface area (Å²) in [5.74, 6) is 0.968. The number of pyridine rings is 1. The molecule has 0 aliphatic carbocycles. The van der Waals surface area contributed by atoms with Crippen LogP contribution in [0, 0.1) is 22.3 Å². The van der Waals surface area contributed by atoms with Gasteiger partial charge in [-0.05, 0) is 41.0 Å². The molecule has 257 valence electrons. The van der Waals surface area contributed by atoms with Crippen LogP contribution in [-0.4, -0.2) is 15.9 Å². The molecule has 0 bridgehead atoms. The first-order valence-corrected chi connectivity index (χ1v) is 16.5. The van der Waals surface area contributed by atoms with Crippen LogP contribution in [0.5, 0.6) is 0 Å². The summed E-state index contributed by atoms with van der Waals surface area (Å²) in [6, 6.07) is 27.1. The van der Waals surface area contributed by atoms with E-state index in [-0.39, 0.29) is 47.9 Å². The Morgan fingerprint density at radius 3 is 2.10 bits per heavy atom. The first-order chi connectivity index (χ1) is 21.6. The molecule has 1 N–H and O–H groups in total. The first-order valence-electron chi connectivity index (χ1n) is 16.5. The summed E-state index contributed by atoms with van der Waals surface area (Å²) < 4.78 is 6.31. The number of allylic oxidation sites excluding steroid dienone is 2. The van der Waals surface area contributed by atoms with Gasteiger partial charge in [-0.2, -0.15) is 0 Å². The summed E-state index contributed by atoms with van der Waals surface area (Å²) >= 11 is 0. The Balaban J connectivity index is 0.000000382. The second kappa shape index (κ2) is 14.5. The van der Waals surface area contributed by atoms with Crippen LogP contribution in [0.15, 0.2) is 89.2 Å². The Bertz CT molecular complexity index is 1920. The SMILES string of the molecule is CC(C)(C)C(=O)/C=C(\O)C(C)(C)C.CC(C)(C)Cc1ccc2cc(-c3ccnc(-c4[c-]c5ccccc5c(C(C)(C)C)c4)c3)oc2c1.[Ir]. The second-order valence-corrected chi connectivity index (χ2v) is 16.9. The van der Waals surface area contributed by atoms with E-state index >= 15 is 0 Å². The number of fused-ring (bicyclic) bond motifs is 2. The van der Waals surface area contributed by atoms with Gasteiger partial charge in [0.1, 0.15) is 17.1 Å². The fraction of sp³-hybridized carbons (Fsp3) is 0.395.